The molecule has 0 aliphatic heterocycles. The minimum atomic E-state index is -0.208. The fourth-order valence-electron chi connectivity index (χ4n) is 2.91. The predicted octanol–water partition coefficient (Wildman–Crippen LogP) is 5.65. The summed E-state index contributed by atoms with van der Waals surface area (Å²) in [6.07, 6.45) is 6.49. The minimum Gasteiger partial charge on any atom is -0.493 e. The molecule has 0 unspecified atom stereocenters. The van der Waals surface area contributed by atoms with E-state index in [1.165, 1.54) is 19.3 Å². The number of ether oxygens (including phenoxy) is 1. The topological polar surface area (TPSA) is 39.4 Å². The maximum atomic E-state index is 12.3. The van der Waals surface area contributed by atoms with Crippen LogP contribution in [0.4, 0.5) is 0 Å². The summed E-state index contributed by atoms with van der Waals surface area (Å²) in [5.41, 5.74) is 2.26. The van der Waals surface area contributed by atoms with Gasteiger partial charge >= 0.3 is 5.63 Å². The van der Waals surface area contributed by atoms with Gasteiger partial charge in [-0.05, 0) is 49.8 Å². The fourth-order valence-corrected chi connectivity index (χ4v) is 2.91. The van der Waals surface area contributed by atoms with Crippen LogP contribution in [0.25, 0.3) is 11.0 Å². The van der Waals surface area contributed by atoms with Crippen molar-refractivity contribution in [3.63, 3.8) is 0 Å². The number of fused-ring (bicyclic) bond motifs is 1. The fraction of sp³-hybridized carbons (Fsp3) is 0.571. The highest BCUT2D eigenvalue weighted by Crippen LogP contribution is 2.25. The first kappa shape index (κ1) is 18.6. The number of benzene rings is 1. The average Bonchev–Trinajstić information content (AvgIpc) is 2.54. The van der Waals surface area contributed by atoms with Gasteiger partial charge in [0.15, 0.2) is 0 Å². The van der Waals surface area contributed by atoms with Crippen molar-refractivity contribution >= 4 is 11.0 Å². The molecule has 0 bridgehead atoms. The lowest BCUT2D eigenvalue weighted by Gasteiger charge is -2.11. The zero-order valence-electron chi connectivity index (χ0n) is 15.5. The third-order valence-corrected chi connectivity index (χ3v) is 4.50. The highest BCUT2D eigenvalue weighted by atomic mass is 16.5. The molecule has 2 rings (SSSR count). The number of hydrogen-bond acceptors (Lipinski definition) is 3. The second-order valence-corrected chi connectivity index (χ2v) is 6.99. The molecule has 2 aromatic rings. The molecule has 0 atom stereocenters. The Morgan fingerprint density at radius 3 is 2.67 bits per heavy atom. The standard InChI is InChI=1S/C21H30O3/c1-5-6-7-8-13-23-17-10-12-18-16(4)19(11-9-15(2)3)21(22)24-20(18)14-17/h10,12,14-15H,5-9,11,13H2,1-4H3. The van der Waals surface area contributed by atoms with Gasteiger partial charge in [-0.2, -0.15) is 0 Å². The maximum Gasteiger partial charge on any atom is 0.339 e. The maximum absolute atomic E-state index is 12.3. The van der Waals surface area contributed by atoms with E-state index in [2.05, 4.69) is 20.8 Å². The molecule has 132 valence electrons. The van der Waals surface area contributed by atoms with E-state index in [1.807, 2.05) is 25.1 Å². The Morgan fingerprint density at radius 2 is 1.96 bits per heavy atom. The third kappa shape index (κ3) is 4.86. The van der Waals surface area contributed by atoms with Crippen LogP contribution in [-0.4, -0.2) is 6.61 Å². The molecular weight excluding hydrogens is 300 g/mol. The van der Waals surface area contributed by atoms with Gasteiger partial charge in [0, 0.05) is 17.0 Å². The van der Waals surface area contributed by atoms with Crippen LogP contribution in [0, 0.1) is 12.8 Å². The van der Waals surface area contributed by atoms with E-state index in [0.29, 0.717) is 18.1 Å². The van der Waals surface area contributed by atoms with Gasteiger partial charge in [-0.15, -0.1) is 0 Å². The van der Waals surface area contributed by atoms with E-state index in [-0.39, 0.29) is 5.63 Å². The van der Waals surface area contributed by atoms with Crippen LogP contribution < -0.4 is 10.4 Å². The van der Waals surface area contributed by atoms with Gasteiger partial charge in [0.05, 0.1) is 6.61 Å². The van der Waals surface area contributed by atoms with Crippen molar-refractivity contribution in [2.24, 2.45) is 5.92 Å². The van der Waals surface area contributed by atoms with Crippen LogP contribution in [0.1, 0.15) is 64.0 Å². The number of unbranched alkanes of at least 4 members (excludes halogenated alkanes) is 3. The summed E-state index contributed by atoms with van der Waals surface area (Å²) in [6.45, 7) is 9.26. The second kappa shape index (κ2) is 8.91. The summed E-state index contributed by atoms with van der Waals surface area (Å²) in [6, 6.07) is 5.82. The van der Waals surface area contributed by atoms with Gasteiger partial charge < -0.3 is 9.15 Å². The third-order valence-electron chi connectivity index (χ3n) is 4.50. The zero-order chi connectivity index (χ0) is 17.5. The Kier molecular flexibility index (Phi) is 6.89. The molecule has 24 heavy (non-hydrogen) atoms. The summed E-state index contributed by atoms with van der Waals surface area (Å²) in [7, 11) is 0. The van der Waals surface area contributed by atoms with Gasteiger partial charge in [-0.3, -0.25) is 0 Å². The van der Waals surface area contributed by atoms with Gasteiger partial charge in [0.1, 0.15) is 11.3 Å². The highest BCUT2D eigenvalue weighted by molar-refractivity contribution is 5.82. The van der Waals surface area contributed by atoms with Crippen molar-refractivity contribution in [1.82, 2.24) is 0 Å². The van der Waals surface area contributed by atoms with Crippen LogP contribution in [-0.2, 0) is 6.42 Å². The molecule has 0 radical (unpaired) electrons. The average molecular weight is 330 g/mol. The number of rotatable bonds is 9. The van der Waals surface area contributed by atoms with Crippen LogP contribution in [0.15, 0.2) is 27.4 Å². The lowest BCUT2D eigenvalue weighted by molar-refractivity contribution is 0.305. The summed E-state index contributed by atoms with van der Waals surface area (Å²) >= 11 is 0. The van der Waals surface area contributed by atoms with Crippen molar-refractivity contribution in [2.45, 2.75) is 66.2 Å². The van der Waals surface area contributed by atoms with Gasteiger partial charge in [-0.1, -0.05) is 40.0 Å². The second-order valence-electron chi connectivity index (χ2n) is 6.99. The molecule has 0 N–H and O–H groups in total. The molecule has 1 heterocycles. The summed E-state index contributed by atoms with van der Waals surface area (Å²) in [5, 5.41) is 1.01. The lowest BCUT2D eigenvalue weighted by Crippen LogP contribution is -2.11. The van der Waals surface area contributed by atoms with E-state index < -0.39 is 0 Å². The molecule has 1 aromatic carbocycles. The van der Waals surface area contributed by atoms with E-state index in [9.17, 15) is 4.79 Å². The van der Waals surface area contributed by atoms with Crippen molar-refractivity contribution in [2.75, 3.05) is 6.61 Å². The Morgan fingerprint density at radius 1 is 1.17 bits per heavy atom. The van der Waals surface area contributed by atoms with Gasteiger partial charge in [-0.25, -0.2) is 4.79 Å². The van der Waals surface area contributed by atoms with E-state index >= 15 is 0 Å². The van der Waals surface area contributed by atoms with Crippen LogP contribution in [0.3, 0.4) is 0 Å². The monoisotopic (exact) mass is 330 g/mol. The quantitative estimate of drug-likeness (QED) is 0.440. The smallest absolute Gasteiger partial charge is 0.339 e. The Bertz CT molecular complexity index is 713. The van der Waals surface area contributed by atoms with Crippen LogP contribution >= 0.6 is 0 Å². The highest BCUT2D eigenvalue weighted by Gasteiger charge is 2.12. The molecular formula is C21H30O3. The van der Waals surface area contributed by atoms with Gasteiger partial charge in [0.2, 0.25) is 0 Å². The lowest BCUT2D eigenvalue weighted by atomic mass is 9.98. The molecule has 0 saturated heterocycles. The summed E-state index contributed by atoms with van der Waals surface area (Å²) in [4.78, 5) is 12.3. The van der Waals surface area contributed by atoms with E-state index in [0.717, 1.165) is 41.5 Å². The summed E-state index contributed by atoms with van der Waals surface area (Å²) in [5.74, 6) is 1.35. The Hall–Kier alpha value is -1.77. The molecule has 0 saturated carbocycles. The van der Waals surface area contributed by atoms with Crippen LogP contribution in [0.2, 0.25) is 0 Å². The first-order valence-electron chi connectivity index (χ1n) is 9.22. The van der Waals surface area contributed by atoms with Crippen molar-refractivity contribution in [1.29, 1.82) is 0 Å². The Balaban J connectivity index is 2.15. The number of aryl methyl sites for hydroxylation is 1. The molecule has 0 fully saturated rings. The van der Waals surface area contributed by atoms with Crippen molar-refractivity contribution < 1.29 is 9.15 Å². The van der Waals surface area contributed by atoms with E-state index in [1.54, 1.807) is 0 Å². The first-order valence-corrected chi connectivity index (χ1v) is 9.22. The largest absolute Gasteiger partial charge is 0.493 e. The van der Waals surface area contributed by atoms with Crippen LogP contribution in [0.5, 0.6) is 5.75 Å². The first-order chi connectivity index (χ1) is 11.5. The molecule has 3 nitrogen and oxygen atoms in total. The van der Waals surface area contributed by atoms with E-state index in [4.69, 9.17) is 9.15 Å². The Labute approximate surface area is 145 Å². The molecule has 0 spiro atoms. The molecule has 0 aliphatic carbocycles. The molecule has 0 aliphatic rings. The van der Waals surface area contributed by atoms with Gasteiger partial charge in [0.25, 0.3) is 0 Å². The van der Waals surface area contributed by atoms with Crippen molar-refractivity contribution in [3.8, 4) is 5.75 Å². The molecule has 0 amide bonds. The van der Waals surface area contributed by atoms with Crippen molar-refractivity contribution in [3.05, 3.63) is 39.7 Å². The molecule has 3 heteroatoms. The summed E-state index contributed by atoms with van der Waals surface area (Å²) < 4.78 is 11.3. The normalized spacial score (nSPS) is 11.4. The molecule has 1 aromatic heterocycles. The predicted molar refractivity (Wildman–Crippen MR) is 100 cm³/mol. The SMILES string of the molecule is CCCCCCOc1ccc2c(C)c(CCC(C)C)c(=O)oc2c1. The minimum absolute atomic E-state index is 0.208. The number of hydrogen-bond donors (Lipinski definition) is 0. The zero-order valence-corrected chi connectivity index (χ0v) is 15.5.